The Balaban J connectivity index is 1.78. The maximum absolute atomic E-state index is 12.7. The zero-order valence-electron chi connectivity index (χ0n) is 15.2. The third-order valence-electron chi connectivity index (χ3n) is 3.77. The number of carbonyl (C=O) groups is 2. The van der Waals surface area contributed by atoms with E-state index in [4.69, 9.17) is 34.8 Å². The number of thiophene rings is 1. The molecule has 1 heterocycles. The first-order valence-electron chi connectivity index (χ1n) is 8.53. The molecule has 0 aliphatic rings. The first-order chi connectivity index (χ1) is 14.4. The number of halogens is 3. The Kier molecular flexibility index (Phi) is 7.65. The van der Waals surface area contributed by atoms with Crippen molar-refractivity contribution in [1.29, 1.82) is 0 Å². The molecule has 0 fully saturated rings. The van der Waals surface area contributed by atoms with Crippen LogP contribution in [0, 0.1) is 0 Å². The third kappa shape index (κ3) is 5.93. The largest absolute Gasteiger partial charge is 0.317 e. The van der Waals surface area contributed by atoms with Crippen molar-refractivity contribution in [3.05, 3.63) is 96.7 Å². The highest BCUT2D eigenvalue weighted by Crippen LogP contribution is 2.19. The van der Waals surface area contributed by atoms with Gasteiger partial charge in [-0.1, -0.05) is 59.1 Å². The van der Waals surface area contributed by atoms with Crippen LogP contribution < -0.4 is 10.7 Å². The van der Waals surface area contributed by atoms with Crippen molar-refractivity contribution in [2.45, 2.75) is 0 Å². The van der Waals surface area contributed by atoms with E-state index in [9.17, 15) is 9.59 Å². The van der Waals surface area contributed by atoms with Gasteiger partial charge in [0.1, 0.15) is 5.70 Å². The van der Waals surface area contributed by atoms with Gasteiger partial charge in [-0.05, 0) is 41.8 Å². The minimum absolute atomic E-state index is 0.0155. The Hall–Kier alpha value is -2.64. The van der Waals surface area contributed by atoms with Crippen LogP contribution in [0.3, 0.4) is 0 Å². The summed E-state index contributed by atoms with van der Waals surface area (Å²) in [5, 5.41) is 9.53. The van der Waals surface area contributed by atoms with Gasteiger partial charge in [-0.15, -0.1) is 11.3 Å². The number of hydrazone groups is 1. The lowest BCUT2D eigenvalue weighted by Crippen LogP contribution is -2.33. The predicted molar refractivity (Wildman–Crippen MR) is 123 cm³/mol. The van der Waals surface area contributed by atoms with Crippen molar-refractivity contribution in [3.63, 3.8) is 0 Å². The molecule has 3 aromatic rings. The maximum Gasteiger partial charge on any atom is 0.287 e. The van der Waals surface area contributed by atoms with Crippen LogP contribution in [0.5, 0.6) is 0 Å². The molecule has 0 aliphatic carbocycles. The summed E-state index contributed by atoms with van der Waals surface area (Å²) in [5.74, 6) is -1.12. The number of amides is 2. The molecular weight excluding hydrogens is 465 g/mol. The molecule has 0 bridgehead atoms. The van der Waals surface area contributed by atoms with Crippen molar-refractivity contribution in [2.75, 3.05) is 0 Å². The standard InChI is InChI=1S/C21H14Cl3N3O2S/c22-14-8-7-13(18(24)10-14)12-25-27-21(29)19(11-15-4-3-9-30-15)26-20(28)16-5-1-2-6-17(16)23/h1-12H,(H,26,28)(H,27,29)/b19-11-,25-12?. The van der Waals surface area contributed by atoms with Gasteiger partial charge in [0.2, 0.25) is 0 Å². The molecule has 2 aromatic carbocycles. The van der Waals surface area contributed by atoms with Crippen LogP contribution >= 0.6 is 46.1 Å². The molecule has 0 spiro atoms. The monoisotopic (exact) mass is 477 g/mol. The molecule has 0 saturated carbocycles. The van der Waals surface area contributed by atoms with Gasteiger partial charge in [-0.25, -0.2) is 5.43 Å². The van der Waals surface area contributed by atoms with Crippen LogP contribution in [0.2, 0.25) is 15.1 Å². The van der Waals surface area contributed by atoms with E-state index in [1.165, 1.54) is 17.6 Å². The summed E-state index contributed by atoms with van der Waals surface area (Å²) < 4.78 is 0. The van der Waals surface area contributed by atoms with Gasteiger partial charge in [0.15, 0.2) is 0 Å². The highest BCUT2D eigenvalue weighted by Gasteiger charge is 2.16. The molecule has 2 amide bonds. The lowest BCUT2D eigenvalue weighted by molar-refractivity contribution is -0.117. The first kappa shape index (κ1) is 22.1. The van der Waals surface area contributed by atoms with Gasteiger partial charge in [0.05, 0.1) is 21.8 Å². The van der Waals surface area contributed by atoms with Crippen molar-refractivity contribution in [1.82, 2.24) is 10.7 Å². The maximum atomic E-state index is 12.7. The Bertz CT molecular complexity index is 1130. The minimum Gasteiger partial charge on any atom is -0.317 e. The van der Waals surface area contributed by atoms with Gasteiger partial charge < -0.3 is 5.32 Å². The van der Waals surface area contributed by atoms with E-state index >= 15 is 0 Å². The average molecular weight is 479 g/mol. The number of nitrogens with zero attached hydrogens (tertiary/aromatic N) is 1. The van der Waals surface area contributed by atoms with Gasteiger partial charge in [0.25, 0.3) is 11.8 Å². The Morgan fingerprint density at radius 3 is 2.47 bits per heavy atom. The molecule has 2 N–H and O–H groups in total. The van der Waals surface area contributed by atoms with Crippen LogP contribution in [0.4, 0.5) is 0 Å². The summed E-state index contributed by atoms with van der Waals surface area (Å²) in [6.45, 7) is 0. The number of hydrogen-bond donors (Lipinski definition) is 2. The summed E-state index contributed by atoms with van der Waals surface area (Å²) in [7, 11) is 0. The zero-order chi connectivity index (χ0) is 21.5. The van der Waals surface area contributed by atoms with Crippen molar-refractivity contribution in [2.24, 2.45) is 5.10 Å². The second-order valence-corrected chi connectivity index (χ2v) is 8.10. The van der Waals surface area contributed by atoms with E-state index in [-0.39, 0.29) is 16.3 Å². The van der Waals surface area contributed by atoms with Crippen LogP contribution in [-0.4, -0.2) is 18.0 Å². The summed E-state index contributed by atoms with van der Waals surface area (Å²) in [5.41, 5.74) is 3.22. The molecule has 0 atom stereocenters. The topological polar surface area (TPSA) is 70.6 Å². The summed E-state index contributed by atoms with van der Waals surface area (Å²) in [6, 6.07) is 15.1. The third-order valence-corrected chi connectivity index (χ3v) is 5.48. The summed E-state index contributed by atoms with van der Waals surface area (Å²) in [4.78, 5) is 26.0. The number of carbonyl (C=O) groups excluding carboxylic acids is 2. The average Bonchev–Trinajstić information content (AvgIpc) is 3.22. The van der Waals surface area contributed by atoms with Crippen molar-refractivity contribution in [3.8, 4) is 0 Å². The fraction of sp³-hybridized carbons (Fsp3) is 0. The number of nitrogens with one attached hydrogen (secondary N) is 2. The van der Waals surface area contributed by atoms with Crippen LogP contribution in [0.25, 0.3) is 6.08 Å². The van der Waals surface area contributed by atoms with E-state index in [1.807, 2.05) is 17.5 Å². The predicted octanol–water partition coefficient (Wildman–Crippen LogP) is 5.63. The Morgan fingerprint density at radius 2 is 1.77 bits per heavy atom. The first-order valence-corrected chi connectivity index (χ1v) is 10.5. The smallest absolute Gasteiger partial charge is 0.287 e. The van der Waals surface area contributed by atoms with Gasteiger partial charge in [0, 0.05) is 15.5 Å². The molecule has 0 saturated heterocycles. The molecule has 3 rings (SSSR count). The molecule has 1 aromatic heterocycles. The molecular formula is C21H14Cl3N3O2S. The van der Waals surface area contributed by atoms with Gasteiger partial charge in [-0.2, -0.15) is 5.10 Å². The van der Waals surface area contributed by atoms with Gasteiger partial charge in [-0.3, -0.25) is 9.59 Å². The fourth-order valence-corrected chi connectivity index (χ4v) is 3.67. The van der Waals surface area contributed by atoms with Crippen molar-refractivity contribution >= 4 is 70.2 Å². The minimum atomic E-state index is -0.606. The van der Waals surface area contributed by atoms with E-state index < -0.39 is 11.8 Å². The van der Waals surface area contributed by atoms with Crippen LogP contribution in [0.15, 0.2) is 70.8 Å². The second-order valence-electron chi connectivity index (χ2n) is 5.87. The Labute approximate surface area is 192 Å². The normalized spacial score (nSPS) is 11.5. The van der Waals surface area contributed by atoms with Crippen LogP contribution in [-0.2, 0) is 4.79 Å². The van der Waals surface area contributed by atoms with E-state index in [1.54, 1.807) is 48.5 Å². The highest BCUT2D eigenvalue weighted by molar-refractivity contribution is 7.10. The molecule has 30 heavy (non-hydrogen) atoms. The molecule has 0 radical (unpaired) electrons. The van der Waals surface area contributed by atoms with Crippen LogP contribution in [0.1, 0.15) is 20.8 Å². The molecule has 9 heteroatoms. The molecule has 0 aliphatic heterocycles. The summed E-state index contributed by atoms with van der Waals surface area (Å²) in [6.07, 6.45) is 2.94. The quantitative estimate of drug-likeness (QED) is 0.274. The molecule has 5 nitrogen and oxygen atoms in total. The fourth-order valence-electron chi connectivity index (χ4n) is 2.34. The number of rotatable bonds is 6. The van der Waals surface area contributed by atoms with Gasteiger partial charge >= 0.3 is 0 Å². The van der Waals surface area contributed by atoms with Crippen molar-refractivity contribution < 1.29 is 9.59 Å². The lowest BCUT2D eigenvalue weighted by Gasteiger charge is -2.09. The number of hydrogen-bond acceptors (Lipinski definition) is 4. The van der Waals surface area contributed by atoms with E-state index in [0.29, 0.717) is 15.6 Å². The van der Waals surface area contributed by atoms with E-state index in [0.717, 1.165) is 4.88 Å². The zero-order valence-corrected chi connectivity index (χ0v) is 18.3. The SMILES string of the molecule is O=C(NN=Cc1ccc(Cl)cc1Cl)/C(=C/c1cccs1)NC(=O)c1ccccc1Cl. The molecule has 152 valence electrons. The Morgan fingerprint density at radius 1 is 0.967 bits per heavy atom. The number of benzene rings is 2. The second kappa shape index (κ2) is 10.4. The summed E-state index contributed by atoms with van der Waals surface area (Å²) >= 11 is 19.4. The molecule has 0 unspecified atom stereocenters. The highest BCUT2D eigenvalue weighted by atomic mass is 35.5. The van der Waals surface area contributed by atoms with E-state index in [2.05, 4.69) is 15.8 Å². The lowest BCUT2D eigenvalue weighted by atomic mass is 10.2.